The van der Waals surface area contributed by atoms with Crippen molar-refractivity contribution < 1.29 is 0 Å². The fourth-order valence-electron chi connectivity index (χ4n) is 5.94. The second-order valence-electron chi connectivity index (χ2n) is 12.3. The topological polar surface area (TPSA) is 0 Å². The van der Waals surface area contributed by atoms with E-state index in [1.807, 2.05) is 0 Å². The molecule has 0 spiro atoms. The molecule has 0 heterocycles. The second-order valence-corrected chi connectivity index (χ2v) is 17.4. The summed E-state index contributed by atoms with van der Waals surface area (Å²) < 4.78 is 0. The van der Waals surface area contributed by atoms with Crippen LogP contribution in [0.5, 0.6) is 0 Å². The van der Waals surface area contributed by atoms with Crippen molar-refractivity contribution >= 4 is 34.8 Å². The van der Waals surface area contributed by atoms with Crippen LogP contribution in [0.3, 0.4) is 0 Å². The highest BCUT2D eigenvalue weighted by Gasteiger charge is 2.15. The number of benzene rings is 7. The summed E-state index contributed by atoms with van der Waals surface area (Å²) in [5, 5.41) is 6.58. The van der Waals surface area contributed by atoms with E-state index in [4.69, 9.17) is 0 Å². The highest BCUT2D eigenvalue weighted by molar-refractivity contribution is 6.88. The van der Waals surface area contributed by atoms with Gasteiger partial charge in [-0.25, -0.2) is 0 Å². The third-order valence-electron chi connectivity index (χ3n) is 8.46. The molecule has 0 saturated heterocycles. The van der Waals surface area contributed by atoms with Crippen molar-refractivity contribution in [3.63, 3.8) is 0 Å². The van der Waals surface area contributed by atoms with Crippen molar-refractivity contribution in [1.82, 2.24) is 0 Å². The van der Waals surface area contributed by atoms with E-state index in [1.165, 1.54) is 71.2 Å². The largest absolute Gasteiger partial charge is 0.0775 e. The summed E-state index contributed by atoms with van der Waals surface area (Å²) in [6, 6.07) is 55.8. The lowest BCUT2D eigenvalue weighted by atomic mass is 9.94. The Balaban J connectivity index is 1.12. The number of rotatable bonds is 5. The standard InChI is InChI=1S/C41H34Si/c1-42(2,3)39-25-23-30(24-26-39)29-11-13-31(14-12-29)35-19-21-38-28-36(20-22-37(38)27-35)32-15-17-34(18-16-32)41-10-6-8-33-7-4-5-9-40(33)41/h4-28H,1-3H3. The van der Waals surface area contributed by atoms with Gasteiger partial charge in [0.15, 0.2) is 0 Å². The van der Waals surface area contributed by atoms with Gasteiger partial charge < -0.3 is 0 Å². The Bertz CT molecular complexity index is 2020. The van der Waals surface area contributed by atoms with Crippen molar-refractivity contribution in [2.75, 3.05) is 0 Å². The monoisotopic (exact) mass is 554 g/mol. The van der Waals surface area contributed by atoms with E-state index in [1.54, 1.807) is 0 Å². The summed E-state index contributed by atoms with van der Waals surface area (Å²) >= 11 is 0. The van der Waals surface area contributed by atoms with Gasteiger partial charge in [0.25, 0.3) is 0 Å². The van der Waals surface area contributed by atoms with E-state index in [-0.39, 0.29) is 0 Å². The van der Waals surface area contributed by atoms with Gasteiger partial charge in [0.2, 0.25) is 0 Å². The maximum absolute atomic E-state index is 2.39. The molecule has 0 aliphatic heterocycles. The van der Waals surface area contributed by atoms with Crippen molar-refractivity contribution in [3.8, 4) is 44.5 Å². The van der Waals surface area contributed by atoms with Crippen LogP contribution in [0.15, 0.2) is 152 Å². The SMILES string of the molecule is C[Si](C)(C)c1ccc(-c2ccc(-c3ccc4cc(-c5ccc(-c6cccc7ccccc67)cc5)ccc4c3)cc2)cc1. The summed E-state index contributed by atoms with van der Waals surface area (Å²) in [7, 11) is -1.28. The number of hydrogen-bond donors (Lipinski definition) is 0. The van der Waals surface area contributed by atoms with E-state index in [0.29, 0.717) is 0 Å². The molecule has 0 amide bonds. The van der Waals surface area contributed by atoms with Crippen molar-refractivity contribution in [2.45, 2.75) is 19.6 Å². The lowest BCUT2D eigenvalue weighted by Crippen LogP contribution is -2.37. The van der Waals surface area contributed by atoms with Gasteiger partial charge in [0, 0.05) is 0 Å². The molecule has 42 heavy (non-hydrogen) atoms. The Morgan fingerprint density at radius 1 is 0.333 bits per heavy atom. The first-order valence-electron chi connectivity index (χ1n) is 14.8. The Labute approximate surface area is 249 Å². The Hall–Kier alpha value is -4.72. The van der Waals surface area contributed by atoms with Gasteiger partial charge in [-0.1, -0.05) is 164 Å². The lowest BCUT2D eigenvalue weighted by Gasteiger charge is -2.16. The maximum Gasteiger partial charge on any atom is 0.0775 e. The average Bonchev–Trinajstić information content (AvgIpc) is 3.04. The third kappa shape index (κ3) is 5.09. The first-order valence-corrected chi connectivity index (χ1v) is 18.3. The van der Waals surface area contributed by atoms with E-state index < -0.39 is 8.07 Å². The molecule has 7 aromatic rings. The van der Waals surface area contributed by atoms with Gasteiger partial charge in [0.05, 0.1) is 8.07 Å². The van der Waals surface area contributed by atoms with Crippen LogP contribution in [-0.4, -0.2) is 8.07 Å². The molecule has 0 unspecified atom stereocenters. The predicted molar refractivity (Wildman–Crippen MR) is 186 cm³/mol. The maximum atomic E-state index is 2.39. The fourth-order valence-corrected chi connectivity index (χ4v) is 7.11. The zero-order valence-corrected chi connectivity index (χ0v) is 25.4. The lowest BCUT2D eigenvalue weighted by molar-refractivity contribution is 1.60. The normalized spacial score (nSPS) is 11.7. The van der Waals surface area contributed by atoms with Gasteiger partial charge in [-0.15, -0.1) is 0 Å². The molecular formula is C41H34Si. The first-order chi connectivity index (χ1) is 20.4. The first kappa shape index (κ1) is 26.2. The molecule has 0 atom stereocenters. The van der Waals surface area contributed by atoms with Gasteiger partial charge in [0.1, 0.15) is 0 Å². The number of hydrogen-bond acceptors (Lipinski definition) is 0. The summed E-state index contributed by atoms with van der Waals surface area (Å²) in [4.78, 5) is 0. The van der Waals surface area contributed by atoms with E-state index >= 15 is 0 Å². The Morgan fingerprint density at radius 3 is 1.31 bits per heavy atom. The zero-order valence-electron chi connectivity index (χ0n) is 24.4. The summed E-state index contributed by atoms with van der Waals surface area (Å²) in [6.07, 6.45) is 0. The molecule has 0 saturated carbocycles. The minimum atomic E-state index is -1.28. The smallest absolute Gasteiger partial charge is 0.0656 e. The molecule has 0 radical (unpaired) electrons. The van der Waals surface area contributed by atoms with E-state index in [2.05, 4.69) is 171 Å². The highest BCUT2D eigenvalue weighted by atomic mass is 28.3. The minimum Gasteiger partial charge on any atom is -0.0656 e. The van der Waals surface area contributed by atoms with Crippen LogP contribution in [0.4, 0.5) is 0 Å². The average molecular weight is 555 g/mol. The number of fused-ring (bicyclic) bond motifs is 2. The molecule has 0 nitrogen and oxygen atoms in total. The molecule has 202 valence electrons. The van der Waals surface area contributed by atoms with Gasteiger partial charge in [-0.3, -0.25) is 0 Å². The van der Waals surface area contributed by atoms with Crippen LogP contribution < -0.4 is 5.19 Å². The summed E-state index contributed by atoms with van der Waals surface area (Å²) in [5.74, 6) is 0. The molecule has 0 aliphatic carbocycles. The van der Waals surface area contributed by atoms with Gasteiger partial charge in [-0.05, 0) is 78.2 Å². The third-order valence-corrected chi connectivity index (χ3v) is 10.5. The van der Waals surface area contributed by atoms with E-state index in [0.717, 1.165) is 0 Å². The molecule has 7 rings (SSSR count). The highest BCUT2D eigenvalue weighted by Crippen LogP contribution is 2.33. The molecule has 0 aliphatic rings. The van der Waals surface area contributed by atoms with Crippen LogP contribution in [0.1, 0.15) is 0 Å². The summed E-state index contributed by atoms with van der Waals surface area (Å²) in [6.45, 7) is 7.18. The Morgan fingerprint density at radius 2 is 0.762 bits per heavy atom. The van der Waals surface area contributed by atoms with E-state index in [9.17, 15) is 0 Å². The fraction of sp³-hybridized carbons (Fsp3) is 0.0732. The molecule has 7 aromatic carbocycles. The van der Waals surface area contributed by atoms with Crippen LogP contribution in [-0.2, 0) is 0 Å². The predicted octanol–water partition coefficient (Wildman–Crippen LogP) is 11.2. The molecule has 0 fully saturated rings. The van der Waals surface area contributed by atoms with Gasteiger partial charge in [-0.2, -0.15) is 0 Å². The second kappa shape index (κ2) is 10.6. The molecule has 0 N–H and O–H groups in total. The zero-order chi connectivity index (χ0) is 28.7. The van der Waals surface area contributed by atoms with Crippen LogP contribution in [0, 0.1) is 0 Å². The van der Waals surface area contributed by atoms with Crippen LogP contribution in [0.2, 0.25) is 19.6 Å². The minimum absolute atomic E-state index is 1.23. The molecule has 1 heteroatoms. The van der Waals surface area contributed by atoms with Crippen LogP contribution in [0.25, 0.3) is 66.1 Å². The van der Waals surface area contributed by atoms with Crippen molar-refractivity contribution in [3.05, 3.63) is 152 Å². The van der Waals surface area contributed by atoms with Crippen LogP contribution >= 0.6 is 0 Å². The van der Waals surface area contributed by atoms with Crippen molar-refractivity contribution in [2.24, 2.45) is 0 Å². The van der Waals surface area contributed by atoms with Gasteiger partial charge >= 0.3 is 0 Å². The molecule has 0 aromatic heterocycles. The quantitative estimate of drug-likeness (QED) is 0.186. The van der Waals surface area contributed by atoms with Crippen molar-refractivity contribution in [1.29, 1.82) is 0 Å². The molecular weight excluding hydrogens is 521 g/mol. The summed E-state index contributed by atoms with van der Waals surface area (Å²) in [5.41, 5.74) is 10.0. The Kier molecular flexibility index (Phi) is 6.61. The molecule has 0 bridgehead atoms.